The summed E-state index contributed by atoms with van der Waals surface area (Å²) in [5.74, 6) is 0. The second kappa shape index (κ2) is 5.03. The van der Waals surface area contributed by atoms with E-state index in [1.54, 1.807) is 20.8 Å². The zero-order chi connectivity index (χ0) is 9.72. The van der Waals surface area contributed by atoms with Gasteiger partial charge in [0, 0.05) is 23.5 Å². The van der Waals surface area contributed by atoms with Crippen molar-refractivity contribution in [3.05, 3.63) is 11.3 Å². The van der Waals surface area contributed by atoms with Crippen molar-refractivity contribution in [3.8, 4) is 0 Å². The van der Waals surface area contributed by atoms with E-state index in [1.165, 1.54) is 0 Å². The van der Waals surface area contributed by atoms with Crippen LogP contribution in [0.15, 0.2) is 16.3 Å². The first-order chi connectivity index (χ1) is 5.49. The molecule has 0 atom stereocenters. The van der Waals surface area contributed by atoms with Crippen molar-refractivity contribution in [3.63, 3.8) is 0 Å². The van der Waals surface area contributed by atoms with Crippen LogP contribution in [0.25, 0.3) is 0 Å². The van der Waals surface area contributed by atoms with Crippen LogP contribution in [0.2, 0.25) is 0 Å². The number of hydrogen-bond donors (Lipinski definition) is 3. The maximum absolute atomic E-state index is 8.77. The molecule has 0 aromatic heterocycles. The molecule has 0 saturated carbocycles. The van der Waals surface area contributed by atoms with Gasteiger partial charge in [0.2, 0.25) is 0 Å². The van der Waals surface area contributed by atoms with E-state index in [2.05, 4.69) is 4.99 Å². The number of allylic oxidation sites excluding steroid dienone is 1. The van der Waals surface area contributed by atoms with E-state index in [-0.39, 0.29) is 0 Å². The topological polar surface area (TPSA) is 78.8 Å². The van der Waals surface area contributed by atoms with Crippen LogP contribution >= 0.6 is 0 Å². The zero-order valence-corrected chi connectivity index (χ0v) is 7.70. The normalized spacial score (nSPS) is 15.1. The van der Waals surface area contributed by atoms with Crippen LogP contribution in [-0.2, 0) is 0 Å². The van der Waals surface area contributed by atoms with Crippen LogP contribution in [-0.4, -0.2) is 28.8 Å². The number of hydrogen-bond acceptors (Lipinski definition) is 4. The maximum atomic E-state index is 8.77. The van der Waals surface area contributed by atoms with Crippen LogP contribution < -0.4 is 5.73 Å². The van der Waals surface area contributed by atoms with Gasteiger partial charge >= 0.3 is 0 Å². The predicted molar refractivity (Wildman–Crippen MR) is 48.8 cm³/mol. The molecule has 0 aliphatic heterocycles. The predicted octanol–water partition coefficient (Wildman–Crippen LogP) is 0.0106. The van der Waals surface area contributed by atoms with E-state index in [9.17, 15) is 0 Å². The van der Waals surface area contributed by atoms with Gasteiger partial charge in [-0.25, -0.2) is 0 Å². The lowest BCUT2D eigenvalue weighted by atomic mass is 10.2. The summed E-state index contributed by atoms with van der Waals surface area (Å²) in [7, 11) is 0. The third-order valence-corrected chi connectivity index (χ3v) is 1.61. The average molecular weight is 172 g/mol. The third-order valence-electron chi connectivity index (χ3n) is 1.61. The Labute approximate surface area is 72.4 Å². The van der Waals surface area contributed by atoms with Crippen LogP contribution in [0.3, 0.4) is 0 Å². The third kappa shape index (κ3) is 3.61. The number of aliphatic hydroxyl groups excluding tert-OH is 1. The highest BCUT2D eigenvalue weighted by Crippen LogP contribution is 2.07. The van der Waals surface area contributed by atoms with Gasteiger partial charge in [-0.05, 0) is 20.8 Å². The molecule has 0 aromatic rings. The lowest BCUT2D eigenvalue weighted by molar-refractivity contribution is -0.00844. The first-order valence-corrected chi connectivity index (χ1v) is 3.76. The fourth-order valence-electron chi connectivity index (χ4n) is 0.607. The number of nitrogens with two attached hydrogens (primary N) is 1. The minimum atomic E-state index is -1.43. The molecular formula is C8H16N2O2. The summed E-state index contributed by atoms with van der Waals surface area (Å²) in [4.78, 5) is 4.07. The fraction of sp³-hybridized carbons (Fsp3) is 0.625. The molecular weight excluding hydrogens is 156 g/mol. The molecule has 0 amide bonds. The summed E-state index contributed by atoms with van der Waals surface area (Å²) in [5, 5.41) is 17.5. The van der Waals surface area contributed by atoms with Crippen molar-refractivity contribution in [1.82, 2.24) is 0 Å². The minimum absolute atomic E-state index is 0.381. The van der Waals surface area contributed by atoms with Gasteiger partial charge in [0.15, 0.2) is 6.29 Å². The SMILES string of the molecule is CC(CN)=N/C(C)=C(\C)C(O)O. The standard InChI is InChI=1S/C8H16N2O2/c1-5(4-9)10-7(3)6(2)8(11)12/h8,11-12H,4,9H2,1-3H3/b7-6+,10-5?. The summed E-state index contributed by atoms with van der Waals surface area (Å²) in [6.07, 6.45) is -1.43. The Morgan fingerprint density at radius 2 is 1.83 bits per heavy atom. The van der Waals surface area contributed by atoms with Crippen LogP contribution in [0.4, 0.5) is 0 Å². The molecule has 4 nitrogen and oxygen atoms in total. The quantitative estimate of drug-likeness (QED) is 0.414. The Bertz CT molecular complexity index is 207. The van der Waals surface area contributed by atoms with Crippen molar-refractivity contribution in [2.24, 2.45) is 10.7 Å². The summed E-state index contributed by atoms with van der Waals surface area (Å²) in [5.41, 5.74) is 7.14. The van der Waals surface area contributed by atoms with E-state index < -0.39 is 6.29 Å². The smallest absolute Gasteiger partial charge is 0.176 e. The molecule has 0 radical (unpaired) electrons. The molecule has 0 fully saturated rings. The molecule has 4 N–H and O–H groups in total. The summed E-state index contributed by atoms with van der Waals surface area (Å²) < 4.78 is 0. The Balaban J connectivity index is 4.57. The second-order valence-corrected chi connectivity index (χ2v) is 2.69. The van der Waals surface area contributed by atoms with Gasteiger partial charge in [-0.2, -0.15) is 0 Å². The molecule has 12 heavy (non-hydrogen) atoms. The van der Waals surface area contributed by atoms with E-state index in [0.717, 1.165) is 5.71 Å². The number of aliphatic hydroxyl groups is 2. The monoisotopic (exact) mass is 172 g/mol. The van der Waals surface area contributed by atoms with Crippen molar-refractivity contribution in [1.29, 1.82) is 0 Å². The van der Waals surface area contributed by atoms with Crippen molar-refractivity contribution >= 4 is 5.71 Å². The lowest BCUT2D eigenvalue weighted by Gasteiger charge is -2.06. The van der Waals surface area contributed by atoms with Crippen molar-refractivity contribution in [2.75, 3.05) is 6.54 Å². The maximum Gasteiger partial charge on any atom is 0.176 e. The molecule has 0 saturated heterocycles. The molecule has 0 spiro atoms. The summed E-state index contributed by atoms with van der Waals surface area (Å²) in [6, 6.07) is 0. The van der Waals surface area contributed by atoms with E-state index in [0.29, 0.717) is 17.8 Å². The van der Waals surface area contributed by atoms with E-state index >= 15 is 0 Å². The molecule has 0 aliphatic carbocycles. The lowest BCUT2D eigenvalue weighted by Crippen LogP contribution is -2.11. The highest BCUT2D eigenvalue weighted by Gasteiger charge is 2.03. The van der Waals surface area contributed by atoms with Gasteiger partial charge in [-0.1, -0.05) is 0 Å². The average Bonchev–Trinajstić information content (AvgIpc) is 2.02. The summed E-state index contributed by atoms with van der Waals surface area (Å²) in [6.45, 7) is 5.51. The van der Waals surface area contributed by atoms with Crippen LogP contribution in [0, 0.1) is 0 Å². The second-order valence-electron chi connectivity index (χ2n) is 2.69. The summed E-state index contributed by atoms with van der Waals surface area (Å²) >= 11 is 0. The van der Waals surface area contributed by atoms with Crippen LogP contribution in [0.5, 0.6) is 0 Å². The Kier molecular flexibility index (Phi) is 4.73. The number of aliphatic imine (C=N–C) groups is 1. The minimum Gasteiger partial charge on any atom is -0.365 e. The molecule has 0 rings (SSSR count). The van der Waals surface area contributed by atoms with Gasteiger partial charge in [-0.3, -0.25) is 4.99 Å². The van der Waals surface area contributed by atoms with E-state index in [1.807, 2.05) is 0 Å². The van der Waals surface area contributed by atoms with Gasteiger partial charge in [0.05, 0.1) is 0 Å². The Hall–Kier alpha value is -0.710. The highest BCUT2D eigenvalue weighted by molar-refractivity contribution is 5.84. The molecule has 0 bridgehead atoms. The van der Waals surface area contributed by atoms with Crippen LogP contribution in [0.1, 0.15) is 20.8 Å². The number of nitrogens with zero attached hydrogens (tertiary/aromatic N) is 1. The van der Waals surface area contributed by atoms with E-state index in [4.69, 9.17) is 15.9 Å². The molecule has 0 unspecified atom stereocenters. The largest absolute Gasteiger partial charge is 0.365 e. The fourth-order valence-corrected chi connectivity index (χ4v) is 0.607. The Morgan fingerprint density at radius 3 is 2.17 bits per heavy atom. The zero-order valence-electron chi connectivity index (χ0n) is 7.70. The number of rotatable bonds is 3. The van der Waals surface area contributed by atoms with Gasteiger partial charge < -0.3 is 15.9 Å². The van der Waals surface area contributed by atoms with Crippen molar-refractivity contribution in [2.45, 2.75) is 27.1 Å². The highest BCUT2D eigenvalue weighted by atomic mass is 16.5. The molecule has 70 valence electrons. The molecule has 0 aliphatic rings. The van der Waals surface area contributed by atoms with Gasteiger partial charge in [0.25, 0.3) is 0 Å². The first kappa shape index (κ1) is 11.3. The molecule has 4 heteroatoms. The first-order valence-electron chi connectivity index (χ1n) is 3.76. The molecule has 0 aromatic carbocycles. The van der Waals surface area contributed by atoms with Gasteiger partial charge in [-0.15, -0.1) is 0 Å². The van der Waals surface area contributed by atoms with Crippen molar-refractivity contribution < 1.29 is 10.2 Å². The Morgan fingerprint density at radius 1 is 1.33 bits per heavy atom. The van der Waals surface area contributed by atoms with Gasteiger partial charge in [0.1, 0.15) is 0 Å². The molecule has 0 heterocycles.